The van der Waals surface area contributed by atoms with Crippen LogP contribution in [0.25, 0.3) is 0 Å². The fourth-order valence-corrected chi connectivity index (χ4v) is 2.44. The van der Waals surface area contributed by atoms with Crippen LogP contribution in [-0.4, -0.2) is 27.9 Å². The number of benzene rings is 2. The number of methoxy groups -OCH3 is 1. The van der Waals surface area contributed by atoms with Crippen molar-refractivity contribution in [2.24, 2.45) is 0 Å². The summed E-state index contributed by atoms with van der Waals surface area (Å²) >= 11 is 0. The predicted octanol–water partition coefficient (Wildman–Crippen LogP) is 3.39. The lowest BCUT2D eigenvalue weighted by Crippen LogP contribution is -2.16. The number of nitrogens with zero attached hydrogens (tertiary/aromatic N) is 2. The minimum atomic E-state index is -0.635. The van der Waals surface area contributed by atoms with Crippen molar-refractivity contribution >= 4 is 12.0 Å². The maximum absolute atomic E-state index is 12.3. The second kappa shape index (κ2) is 8.06. The average Bonchev–Trinajstić information content (AvgIpc) is 3.06. The second-order valence-electron chi connectivity index (χ2n) is 5.50. The summed E-state index contributed by atoms with van der Waals surface area (Å²) in [5, 5.41) is 12.7. The Morgan fingerprint density at radius 2 is 1.88 bits per heavy atom. The zero-order chi connectivity index (χ0) is 18.4. The third-order valence-electron chi connectivity index (χ3n) is 3.72. The molecule has 2 N–H and O–H groups in total. The highest BCUT2D eigenvalue weighted by Gasteiger charge is 2.15. The molecule has 134 valence electrons. The van der Waals surface area contributed by atoms with E-state index in [1.165, 1.54) is 6.20 Å². The Bertz CT molecular complexity index is 878. The minimum absolute atomic E-state index is 0.130. The highest BCUT2D eigenvalue weighted by Crippen LogP contribution is 2.20. The molecule has 0 spiro atoms. The van der Waals surface area contributed by atoms with Crippen LogP contribution in [-0.2, 0) is 17.9 Å². The first-order valence-corrected chi connectivity index (χ1v) is 8.02. The molecular weight excluding hydrogens is 334 g/mol. The van der Waals surface area contributed by atoms with E-state index in [1.54, 1.807) is 7.11 Å². The van der Waals surface area contributed by atoms with Gasteiger partial charge in [-0.15, -0.1) is 0 Å². The normalized spacial score (nSPS) is 10.3. The molecule has 0 aliphatic heterocycles. The van der Waals surface area contributed by atoms with E-state index in [-0.39, 0.29) is 18.4 Å². The largest absolute Gasteiger partial charge is 0.496 e. The number of carbonyl (C=O) groups excluding carboxylic acids is 1. The quantitative estimate of drug-likeness (QED) is 0.706. The fraction of sp³-hybridized carbons (Fsp3) is 0.158. The fourth-order valence-electron chi connectivity index (χ4n) is 2.44. The molecule has 0 radical (unpaired) electrons. The molecule has 7 heteroatoms. The van der Waals surface area contributed by atoms with Gasteiger partial charge in [0.15, 0.2) is 0 Å². The number of carbonyl (C=O) groups is 1. The molecule has 1 aromatic heterocycles. The van der Waals surface area contributed by atoms with Crippen LogP contribution < -0.4 is 10.1 Å². The van der Waals surface area contributed by atoms with Crippen LogP contribution in [0.3, 0.4) is 0 Å². The van der Waals surface area contributed by atoms with Crippen molar-refractivity contribution in [3.8, 4) is 11.6 Å². The lowest BCUT2D eigenvalue weighted by Gasteiger charge is -2.11. The number of para-hydroxylation sites is 1. The monoisotopic (exact) mass is 353 g/mol. The number of aromatic nitrogens is 2. The summed E-state index contributed by atoms with van der Waals surface area (Å²) in [6.45, 7) is 0.497. The van der Waals surface area contributed by atoms with Crippen molar-refractivity contribution in [3.05, 3.63) is 71.9 Å². The molecule has 0 amide bonds. The van der Waals surface area contributed by atoms with Crippen molar-refractivity contribution in [2.45, 2.75) is 13.2 Å². The van der Waals surface area contributed by atoms with Crippen molar-refractivity contribution in [1.29, 1.82) is 0 Å². The van der Waals surface area contributed by atoms with Crippen molar-refractivity contribution < 1.29 is 19.4 Å². The lowest BCUT2D eigenvalue weighted by molar-refractivity contribution is 0.141. The van der Waals surface area contributed by atoms with Gasteiger partial charge in [0.1, 0.15) is 12.4 Å². The minimum Gasteiger partial charge on any atom is -0.496 e. The van der Waals surface area contributed by atoms with Gasteiger partial charge in [0.25, 0.3) is 0 Å². The van der Waals surface area contributed by atoms with E-state index in [0.717, 1.165) is 15.7 Å². The van der Waals surface area contributed by atoms with E-state index in [1.807, 2.05) is 54.6 Å². The van der Waals surface area contributed by atoms with Crippen LogP contribution in [0, 0.1) is 0 Å². The number of anilines is 1. The Hall–Kier alpha value is -3.48. The molecule has 0 atom stereocenters. The Morgan fingerprint density at radius 1 is 1.15 bits per heavy atom. The highest BCUT2D eigenvalue weighted by molar-refractivity contribution is 5.74. The number of imidazole rings is 1. The van der Waals surface area contributed by atoms with Gasteiger partial charge in [0.05, 0.1) is 13.3 Å². The molecule has 0 aliphatic carbocycles. The van der Waals surface area contributed by atoms with Gasteiger partial charge in [0.2, 0.25) is 11.8 Å². The second-order valence-corrected chi connectivity index (χ2v) is 5.50. The first kappa shape index (κ1) is 17.3. The van der Waals surface area contributed by atoms with Crippen molar-refractivity contribution in [3.63, 3.8) is 0 Å². The van der Waals surface area contributed by atoms with Gasteiger partial charge in [-0.25, -0.2) is 9.36 Å². The summed E-state index contributed by atoms with van der Waals surface area (Å²) in [6, 6.07) is 16.8. The van der Waals surface area contributed by atoms with Gasteiger partial charge in [-0.1, -0.05) is 48.5 Å². The van der Waals surface area contributed by atoms with E-state index < -0.39 is 6.09 Å². The van der Waals surface area contributed by atoms with Crippen molar-refractivity contribution in [2.75, 3.05) is 12.4 Å². The summed E-state index contributed by atoms with van der Waals surface area (Å²) < 4.78 is 11.7. The molecule has 0 fully saturated rings. The zero-order valence-electron chi connectivity index (χ0n) is 14.3. The molecule has 0 unspecified atom stereocenters. The number of nitrogens with one attached hydrogen (secondary N) is 1. The van der Waals surface area contributed by atoms with E-state index >= 15 is 0 Å². The van der Waals surface area contributed by atoms with Crippen LogP contribution in [0.4, 0.5) is 10.7 Å². The van der Waals surface area contributed by atoms with E-state index in [2.05, 4.69) is 10.3 Å². The van der Waals surface area contributed by atoms with Crippen LogP contribution in [0.1, 0.15) is 11.1 Å². The standard InChI is InChI=1S/C19H19N3O4/c1-25-16-10-6-5-9-15(16)11-20-18-21-17(23)12-22(18)19(24)26-13-14-7-3-2-4-8-14/h2-10,12,23H,11,13H2,1H3,(H,20,21). The summed E-state index contributed by atoms with van der Waals surface area (Å²) in [5.74, 6) is 0.629. The number of ether oxygens (including phenoxy) is 2. The van der Waals surface area contributed by atoms with E-state index in [0.29, 0.717) is 12.3 Å². The molecule has 0 bridgehead atoms. The molecule has 3 rings (SSSR count). The molecule has 26 heavy (non-hydrogen) atoms. The summed E-state index contributed by atoms with van der Waals surface area (Å²) in [6.07, 6.45) is 0.571. The Labute approximate surface area is 150 Å². The molecule has 0 saturated heterocycles. The smallest absolute Gasteiger partial charge is 0.421 e. The highest BCUT2D eigenvalue weighted by atomic mass is 16.5. The van der Waals surface area contributed by atoms with Crippen LogP contribution in [0.15, 0.2) is 60.8 Å². The first-order chi connectivity index (χ1) is 12.7. The predicted molar refractivity (Wildman–Crippen MR) is 96.2 cm³/mol. The summed E-state index contributed by atoms with van der Waals surface area (Å²) in [7, 11) is 1.59. The van der Waals surface area contributed by atoms with Crippen LogP contribution in [0.2, 0.25) is 0 Å². The SMILES string of the molecule is COc1ccccc1CNc1nc(O)cn1C(=O)OCc1ccccc1. The maximum atomic E-state index is 12.3. The maximum Gasteiger partial charge on any atom is 0.421 e. The van der Waals surface area contributed by atoms with Gasteiger partial charge in [-0.2, -0.15) is 4.98 Å². The number of hydrogen-bond acceptors (Lipinski definition) is 6. The molecule has 0 saturated carbocycles. The summed E-state index contributed by atoms with van der Waals surface area (Å²) in [4.78, 5) is 16.2. The molecule has 1 heterocycles. The summed E-state index contributed by atoms with van der Waals surface area (Å²) in [5.41, 5.74) is 1.76. The van der Waals surface area contributed by atoms with Crippen LogP contribution >= 0.6 is 0 Å². The number of aromatic hydroxyl groups is 1. The third kappa shape index (κ3) is 4.13. The van der Waals surface area contributed by atoms with E-state index in [9.17, 15) is 9.90 Å². The topological polar surface area (TPSA) is 85.6 Å². The first-order valence-electron chi connectivity index (χ1n) is 8.02. The van der Waals surface area contributed by atoms with Crippen LogP contribution in [0.5, 0.6) is 11.6 Å². The third-order valence-corrected chi connectivity index (χ3v) is 3.72. The molecule has 3 aromatic rings. The molecule has 7 nitrogen and oxygen atoms in total. The zero-order valence-corrected chi connectivity index (χ0v) is 14.3. The Morgan fingerprint density at radius 3 is 2.65 bits per heavy atom. The molecular formula is C19H19N3O4. The number of rotatable bonds is 6. The van der Waals surface area contributed by atoms with Gasteiger partial charge in [-0.05, 0) is 11.6 Å². The average molecular weight is 353 g/mol. The molecule has 0 aliphatic rings. The molecule has 2 aromatic carbocycles. The Balaban J connectivity index is 1.68. The van der Waals surface area contributed by atoms with Gasteiger partial charge < -0.3 is 19.9 Å². The number of hydrogen-bond donors (Lipinski definition) is 2. The van der Waals surface area contributed by atoms with Gasteiger partial charge in [0, 0.05) is 12.1 Å². The van der Waals surface area contributed by atoms with Crippen molar-refractivity contribution in [1.82, 2.24) is 9.55 Å². The van der Waals surface area contributed by atoms with E-state index in [4.69, 9.17) is 9.47 Å². The van der Waals surface area contributed by atoms with Gasteiger partial charge in [-0.3, -0.25) is 0 Å². The lowest BCUT2D eigenvalue weighted by atomic mass is 10.2. The Kier molecular flexibility index (Phi) is 5.38. The van der Waals surface area contributed by atoms with Gasteiger partial charge >= 0.3 is 6.09 Å².